The highest BCUT2D eigenvalue weighted by atomic mass is 15.4. The second kappa shape index (κ2) is 5.29. The number of nitrogens with one attached hydrogen (secondary N) is 1. The zero-order valence-corrected chi connectivity index (χ0v) is 11.4. The van der Waals surface area contributed by atoms with E-state index in [1.807, 2.05) is 4.68 Å². The highest BCUT2D eigenvalue weighted by Gasteiger charge is 2.22. The van der Waals surface area contributed by atoms with Crippen LogP contribution in [-0.2, 0) is 19.4 Å². The smallest absolute Gasteiger partial charge is 0.150 e. The Bertz CT molecular complexity index is 654. The minimum Gasteiger partial charge on any atom is -0.364 e. The van der Waals surface area contributed by atoms with Gasteiger partial charge in [-0.1, -0.05) is 6.92 Å². The predicted octanol–water partition coefficient (Wildman–Crippen LogP) is 1.53. The Kier molecular flexibility index (Phi) is 3.33. The molecule has 102 valence electrons. The number of nitrogens with zero attached hydrogens (tertiary/aromatic N) is 5. The SMILES string of the molecule is CCc1nc2n(n1)C[C@H](Nc1ncccc1C#N)CC2. The highest BCUT2D eigenvalue weighted by Crippen LogP contribution is 2.18. The third-order valence-corrected chi connectivity index (χ3v) is 3.49. The van der Waals surface area contributed by atoms with Gasteiger partial charge in [-0.3, -0.25) is 0 Å². The molecule has 0 radical (unpaired) electrons. The van der Waals surface area contributed by atoms with Crippen molar-refractivity contribution in [3.05, 3.63) is 35.5 Å². The van der Waals surface area contributed by atoms with Crippen molar-refractivity contribution in [1.82, 2.24) is 19.7 Å². The lowest BCUT2D eigenvalue weighted by molar-refractivity contribution is 0.439. The highest BCUT2D eigenvalue weighted by molar-refractivity contribution is 5.51. The van der Waals surface area contributed by atoms with Crippen LogP contribution in [0.25, 0.3) is 0 Å². The molecule has 1 N–H and O–H groups in total. The van der Waals surface area contributed by atoms with E-state index in [9.17, 15) is 0 Å². The Balaban J connectivity index is 1.76. The largest absolute Gasteiger partial charge is 0.364 e. The molecule has 1 atom stereocenters. The van der Waals surface area contributed by atoms with Crippen LogP contribution in [0.1, 0.15) is 30.6 Å². The summed E-state index contributed by atoms with van der Waals surface area (Å²) in [6, 6.07) is 5.93. The van der Waals surface area contributed by atoms with Crippen LogP contribution in [0.2, 0.25) is 0 Å². The summed E-state index contributed by atoms with van der Waals surface area (Å²) in [5, 5.41) is 16.9. The van der Waals surface area contributed by atoms with E-state index in [1.54, 1.807) is 18.3 Å². The molecule has 2 aromatic heterocycles. The number of aryl methyl sites for hydroxylation is 2. The van der Waals surface area contributed by atoms with Gasteiger partial charge in [-0.05, 0) is 18.6 Å². The average Bonchev–Trinajstić information content (AvgIpc) is 2.90. The van der Waals surface area contributed by atoms with Gasteiger partial charge in [-0.15, -0.1) is 0 Å². The maximum Gasteiger partial charge on any atom is 0.150 e. The number of anilines is 1. The second-order valence-electron chi connectivity index (χ2n) is 4.87. The maximum absolute atomic E-state index is 9.08. The minimum atomic E-state index is 0.232. The molecule has 6 heteroatoms. The van der Waals surface area contributed by atoms with Gasteiger partial charge in [0.1, 0.15) is 17.7 Å². The fraction of sp³-hybridized carbons (Fsp3) is 0.429. The molecular formula is C14H16N6. The number of pyridine rings is 1. The van der Waals surface area contributed by atoms with Crippen LogP contribution >= 0.6 is 0 Å². The Morgan fingerprint density at radius 2 is 2.45 bits per heavy atom. The molecule has 1 aliphatic heterocycles. The first-order valence-corrected chi connectivity index (χ1v) is 6.84. The van der Waals surface area contributed by atoms with Crippen molar-refractivity contribution < 1.29 is 0 Å². The monoisotopic (exact) mass is 268 g/mol. The minimum absolute atomic E-state index is 0.232. The first kappa shape index (κ1) is 12.6. The number of hydrogen-bond acceptors (Lipinski definition) is 5. The van der Waals surface area contributed by atoms with Crippen LogP contribution in [0.5, 0.6) is 0 Å². The predicted molar refractivity (Wildman–Crippen MR) is 74.1 cm³/mol. The first-order valence-electron chi connectivity index (χ1n) is 6.84. The number of aromatic nitrogens is 4. The molecule has 0 saturated heterocycles. The molecule has 3 heterocycles. The van der Waals surface area contributed by atoms with Gasteiger partial charge < -0.3 is 5.32 Å². The van der Waals surface area contributed by atoms with E-state index < -0.39 is 0 Å². The van der Waals surface area contributed by atoms with Gasteiger partial charge in [0.2, 0.25) is 0 Å². The first-order chi connectivity index (χ1) is 9.80. The summed E-state index contributed by atoms with van der Waals surface area (Å²) in [6.07, 6.45) is 4.43. The number of fused-ring (bicyclic) bond motifs is 1. The van der Waals surface area contributed by atoms with Crippen molar-refractivity contribution >= 4 is 5.82 Å². The van der Waals surface area contributed by atoms with Crippen LogP contribution in [0.4, 0.5) is 5.82 Å². The molecule has 0 saturated carbocycles. The fourth-order valence-electron chi connectivity index (χ4n) is 2.43. The van der Waals surface area contributed by atoms with E-state index in [-0.39, 0.29) is 6.04 Å². The molecule has 0 aliphatic carbocycles. The van der Waals surface area contributed by atoms with E-state index in [0.29, 0.717) is 11.4 Å². The van der Waals surface area contributed by atoms with E-state index in [1.165, 1.54) is 0 Å². The Labute approximate surface area is 117 Å². The van der Waals surface area contributed by atoms with Gasteiger partial charge in [0.05, 0.1) is 12.1 Å². The zero-order valence-electron chi connectivity index (χ0n) is 11.4. The summed E-state index contributed by atoms with van der Waals surface area (Å²) < 4.78 is 1.97. The van der Waals surface area contributed by atoms with Gasteiger partial charge in [0.25, 0.3) is 0 Å². The van der Waals surface area contributed by atoms with Gasteiger partial charge in [-0.2, -0.15) is 10.4 Å². The summed E-state index contributed by atoms with van der Waals surface area (Å²) in [7, 11) is 0. The van der Waals surface area contributed by atoms with Crippen LogP contribution in [-0.4, -0.2) is 25.8 Å². The summed E-state index contributed by atoms with van der Waals surface area (Å²) in [6.45, 7) is 2.83. The van der Waals surface area contributed by atoms with Crippen molar-refractivity contribution in [2.24, 2.45) is 0 Å². The lowest BCUT2D eigenvalue weighted by Crippen LogP contribution is -2.32. The Morgan fingerprint density at radius 1 is 1.55 bits per heavy atom. The average molecular weight is 268 g/mol. The number of hydrogen-bond donors (Lipinski definition) is 1. The third kappa shape index (κ3) is 2.35. The Morgan fingerprint density at radius 3 is 3.25 bits per heavy atom. The van der Waals surface area contributed by atoms with Crippen LogP contribution in [0.15, 0.2) is 18.3 Å². The Hall–Kier alpha value is -2.42. The lowest BCUT2D eigenvalue weighted by Gasteiger charge is -2.24. The molecule has 20 heavy (non-hydrogen) atoms. The molecule has 1 aliphatic rings. The molecule has 3 rings (SSSR count). The fourth-order valence-corrected chi connectivity index (χ4v) is 2.43. The van der Waals surface area contributed by atoms with E-state index in [0.717, 1.165) is 37.5 Å². The van der Waals surface area contributed by atoms with Crippen molar-refractivity contribution in [3.63, 3.8) is 0 Å². The van der Waals surface area contributed by atoms with Crippen LogP contribution in [0, 0.1) is 11.3 Å². The van der Waals surface area contributed by atoms with Crippen molar-refractivity contribution in [2.45, 2.75) is 38.8 Å². The molecule has 0 bridgehead atoms. The van der Waals surface area contributed by atoms with Crippen molar-refractivity contribution in [2.75, 3.05) is 5.32 Å². The summed E-state index contributed by atoms with van der Waals surface area (Å²) in [5.74, 6) is 2.61. The lowest BCUT2D eigenvalue weighted by atomic mass is 10.1. The quantitative estimate of drug-likeness (QED) is 0.913. The van der Waals surface area contributed by atoms with Gasteiger partial charge >= 0.3 is 0 Å². The molecule has 6 nitrogen and oxygen atoms in total. The van der Waals surface area contributed by atoms with Gasteiger partial charge in [-0.25, -0.2) is 14.6 Å². The molecule has 0 aromatic carbocycles. The summed E-state index contributed by atoms with van der Waals surface area (Å²) in [5.41, 5.74) is 0.575. The molecular weight excluding hydrogens is 252 g/mol. The third-order valence-electron chi connectivity index (χ3n) is 3.49. The molecule has 0 spiro atoms. The number of nitriles is 1. The zero-order chi connectivity index (χ0) is 13.9. The van der Waals surface area contributed by atoms with Crippen LogP contribution in [0.3, 0.4) is 0 Å². The molecule has 0 fully saturated rings. The van der Waals surface area contributed by atoms with Crippen LogP contribution < -0.4 is 5.32 Å². The van der Waals surface area contributed by atoms with Crippen molar-refractivity contribution in [3.8, 4) is 6.07 Å². The summed E-state index contributed by atoms with van der Waals surface area (Å²) in [4.78, 5) is 8.74. The second-order valence-corrected chi connectivity index (χ2v) is 4.87. The van der Waals surface area contributed by atoms with E-state index in [2.05, 4.69) is 33.4 Å². The van der Waals surface area contributed by atoms with Gasteiger partial charge in [0.15, 0.2) is 5.82 Å². The maximum atomic E-state index is 9.08. The van der Waals surface area contributed by atoms with Gasteiger partial charge in [0, 0.05) is 25.1 Å². The summed E-state index contributed by atoms with van der Waals surface area (Å²) >= 11 is 0. The molecule has 0 amide bonds. The van der Waals surface area contributed by atoms with Crippen molar-refractivity contribution in [1.29, 1.82) is 5.26 Å². The number of rotatable bonds is 3. The molecule has 0 unspecified atom stereocenters. The van der Waals surface area contributed by atoms with E-state index >= 15 is 0 Å². The standard InChI is InChI=1S/C14H16N6/c1-2-12-18-13-6-5-11(9-20(13)19-12)17-14-10(8-15)4-3-7-16-14/h3-4,7,11H,2,5-6,9H2,1H3,(H,16,17)/t11-/m1/s1. The topological polar surface area (TPSA) is 79.4 Å². The molecule has 2 aromatic rings. The normalized spacial score (nSPS) is 17.3. The van der Waals surface area contributed by atoms with E-state index in [4.69, 9.17) is 5.26 Å².